The number of aryl methyl sites for hydroxylation is 2. The molecule has 9 heteroatoms. The molecule has 0 fully saturated rings. The molecule has 4 aromatic rings. The van der Waals surface area contributed by atoms with Crippen molar-refractivity contribution in [2.75, 3.05) is 10.7 Å². The molecule has 4 rings (SSSR count). The van der Waals surface area contributed by atoms with E-state index in [1.165, 1.54) is 23.5 Å². The molecule has 1 amide bonds. The maximum Gasteiger partial charge on any atom is 0.229 e. The quantitative estimate of drug-likeness (QED) is 0.300. The number of anilines is 1. The Hall–Kier alpha value is -2.81. The second-order valence-electron chi connectivity index (χ2n) is 8.07. The first-order valence-electron chi connectivity index (χ1n) is 10.8. The fourth-order valence-electron chi connectivity index (χ4n) is 3.57. The number of benzene rings is 2. The van der Waals surface area contributed by atoms with Crippen molar-refractivity contribution in [3.63, 3.8) is 0 Å². The summed E-state index contributed by atoms with van der Waals surface area (Å²) in [5.74, 6) is -0.303. The fourth-order valence-corrected chi connectivity index (χ4v) is 6.05. The predicted octanol–water partition coefficient (Wildman–Crippen LogP) is 5.75. The molecule has 2 aromatic carbocycles. The van der Waals surface area contributed by atoms with E-state index in [4.69, 9.17) is 16.6 Å². The van der Waals surface area contributed by atoms with Gasteiger partial charge in [-0.05, 0) is 73.4 Å². The highest BCUT2D eigenvalue weighted by molar-refractivity contribution is 7.91. The number of aromatic nitrogens is 2. The molecule has 0 saturated carbocycles. The number of pyridine rings is 1. The number of amides is 1. The van der Waals surface area contributed by atoms with Gasteiger partial charge in [0.15, 0.2) is 15.0 Å². The zero-order valence-electron chi connectivity index (χ0n) is 18.9. The van der Waals surface area contributed by atoms with Crippen molar-refractivity contribution in [1.82, 2.24) is 9.97 Å². The lowest BCUT2D eigenvalue weighted by molar-refractivity contribution is -0.118. The van der Waals surface area contributed by atoms with Crippen LogP contribution in [0, 0.1) is 13.8 Å². The molecule has 0 spiro atoms. The molecule has 0 saturated heterocycles. The molecule has 6 nitrogen and oxygen atoms in total. The Labute approximate surface area is 208 Å². The zero-order chi connectivity index (χ0) is 24.3. The first-order valence-corrected chi connectivity index (χ1v) is 13.6. The summed E-state index contributed by atoms with van der Waals surface area (Å²) in [6.45, 7) is 4.37. The maximum atomic E-state index is 13.3. The standard InChI is InChI=1S/C25H24ClN3O3S2/c1-17-7-12-22-24(18(17)2)28-25(33-22)29(16-19-5-3-13-27-15-19)23(30)6-4-14-34(31,32)21-10-8-20(26)9-11-21/h3,5,7-13,15H,4,6,14,16H2,1-2H3. The van der Waals surface area contributed by atoms with Gasteiger partial charge in [-0.15, -0.1) is 0 Å². The van der Waals surface area contributed by atoms with Gasteiger partial charge in [0.2, 0.25) is 5.91 Å². The molecule has 176 valence electrons. The smallest absolute Gasteiger partial charge is 0.229 e. The summed E-state index contributed by atoms with van der Waals surface area (Å²) >= 11 is 7.32. The lowest BCUT2D eigenvalue weighted by atomic mass is 10.1. The Morgan fingerprint density at radius 3 is 2.56 bits per heavy atom. The number of carbonyl (C=O) groups excluding carboxylic acids is 1. The monoisotopic (exact) mass is 513 g/mol. The van der Waals surface area contributed by atoms with E-state index in [9.17, 15) is 13.2 Å². The van der Waals surface area contributed by atoms with Crippen LogP contribution in [0.3, 0.4) is 0 Å². The average Bonchev–Trinajstić information content (AvgIpc) is 3.25. The van der Waals surface area contributed by atoms with Crippen molar-refractivity contribution >= 4 is 54.0 Å². The van der Waals surface area contributed by atoms with Gasteiger partial charge in [-0.25, -0.2) is 13.4 Å². The molecule has 2 heterocycles. The number of halogens is 1. The summed E-state index contributed by atoms with van der Waals surface area (Å²) in [7, 11) is -3.51. The Morgan fingerprint density at radius 1 is 1.09 bits per heavy atom. The fraction of sp³-hybridized carbons (Fsp3) is 0.240. The summed E-state index contributed by atoms with van der Waals surface area (Å²) < 4.78 is 26.3. The van der Waals surface area contributed by atoms with Gasteiger partial charge in [0.05, 0.1) is 27.4 Å². The minimum atomic E-state index is -3.51. The molecule has 0 aliphatic carbocycles. The maximum absolute atomic E-state index is 13.3. The summed E-state index contributed by atoms with van der Waals surface area (Å²) in [6.07, 6.45) is 3.69. The minimum Gasteiger partial charge on any atom is -0.284 e. The molecule has 0 N–H and O–H groups in total. The molecule has 0 atom stereocenters. The SMILES string of the molecule is Cc1ccc2sc(N(Cc3cccnc3)C(=O)CCCS(=O)(=O)c3ccc(Cl)cc3)nc2c1C. The van der Waals surface area contributed by atoms with Crippen molar-refractivity contribution in [3.05, 3.63) is 82.6 Å². The number of hydrogen-bond donors (Lipinski definition) is 0. The van der Waals surface area contributed by atoms with Gasteiger partial charge >= 0.3 is 0 Å². The predicted molar refractivity (Wildman–Crippen MR) is 137 cm³/mol. The van der Waals surface area contributed by atoms with Gasteiger partial charge in [0.1, 0.15) is 0 Å². The molecule has 0 bridgehead atoms. The van der Waals surface area contributed by atoms with E-state index in [0.29, 0.717) is 16.7 Å². The lowest BCUT2D eigenvalue weighted by Crippen LogP contribution is -2.30. The summed E-state index contributed by atoms with van der Waals surface area (Å²) in [5.41, 5.74) is 3.98. The second-order valence-corrected chi connectivity index (χ2v) is 11.6. The van der Waals surface area contributed by atoms with Gasteiger partial charge < -0.3 is 0 Å². The Morgan fingerprint density at radius 2 is 1.85 bits per heavy atom. The third-order valence-electron chi connectivity index (χ3n) is 5.65. The van der Waals surface area contributed by atoms with Crippen LogP contribution < -0.4 is 4.90 Å². The molecular weight excluding hydrogens is 490 g/mol. The number of carbonyl (C=O) groups is 1. The highest BCUT2D eigenvalue weighted by atomic mass is 35.5. The van der Waals surface area contributed by atoms with Gasteiger partial charge in [0.25, 0.3) is 0 Å². The number of hydrogen-bond acceptors (Lipinski definition) is 6. The molecule has 0 unspecified atom stereocenters. The van der Waals surface area contributed by atoms with E-state index in [2.05, 4.69) is 11.1 Å². The van der Waals surface area contributed by atoms with Crippen LogP contribution in [0.2, 0.25) is 5.02 Å². The topological polar surface area (TPSA) is 80.2 Å². The second kappa shape index (κ2) is 10.2. The van der Waals surface area contributed by atoms with Gasteiger partial charge in [-0.2, -0.15) is 0 Å². The van der Waals surface area contributed by atoms with Crippen molar-refractivity contribution < 1.29 is 13.2 Å². The normalized spacial score (nSPS) is 11.6. The van der Waals surface area contributed by atoms with Gasteiger partial charge in [-0.3, -0.25) is 14.7 Å². The summed E-state index contributed by atoms with van der Waals surface area (Å²) in [5, 5.41) is 1.07. The number of sulfone groups is 1. The highest BCUT2D eigenvalue weighted by Crippen LogP contribution is 2.33. The number of fused-ring (bicyclic) bond motifs is 1. The Balaban J connectivity index is 1.55. The van der Waals surface area contributed by atoms with Crippen LogP contribution in [-0.2, 0) is 21.2 Å². The third-order valence-corrected chi connectivity index (χ3v) is 8.76. The largest absolute Gasteiger partial charge is 0.284 e. The van der Waals surface area contributed by atoms with Gasteiger partial charge in [0, 0.05) is 23.8 Å². The minimum absolute atomic E-state index is 0.0843. The van der Waals surface area contributed by atoms with Crippen LogP contribution in [0.15, 0.2) is 65.8 Å². The number of rotatable bonds is 8. The van der Waals surface area contributed by atoms with Crippen molar-refractivity contribution in [3.8, 4) is 0 Å². The summed E-state index contributed by atoms with van der Waals surface area (Å²) in [4.78, 5) is 24.1. The first-order chi connectivity index (χ1) is 16.2. The first kappa shape index (κ1) is 24.3. The average molecular weight is 514 g/mol. The molecule has 34 heavy (non-hydrogen) atoms. The van der Waals surface area contributed by atoms with E-state index in [1.807, 2.05) is 32.0 Å². The molecule has 0 aliphatic heterocycles. The van der Waals surface area contributed by atoms with Crippen molar-refractivity contribution in [1.29, 1.82) is 0 Å². The van der Waals surface area contributed by atoms with Crippen LogP contribution in [0.4, 0.5) is 5.13 Å². The van der Waals surface area contributed by atoms with Crippen LogP contribution in [0.25, 0.3) is 10.2 Å². The molecular formula is C25H24ClN3O3S2. The van der Waals surface area contributed by atoms with Crippen LogP contribution >= 0.6 is 22.9 Å². The lowest BCUT2D eigenvalue weighted by Gasteiger charge is -2.20. The third kappa shape index (κ3) is 5.46. The molecule has 0 aliphatic rings. The Bertz CT molecular complexity index is 1420. The zero-order valence-corrected chi connectivity index (χ0v) is 21.3. The highest BCUT2D eigenvalue weighted by Gasteiger charge is 2.22. The van der Waals surface area contributed by atoms with Crippen LogP contribution in [-0.4, -0.2) is 30.0 Å². The van der Waals surface area contributed by atoms with Crippen LogP contribution in [0.1, 0.15) is 29.5 Å². The van der Waals surface area contributed by atoms with E-state index < -0.39 is 9.84 Å². The van der Waals surface area contributed by atoms with E-state index >= 15 is 0 Å². The van der Waals surface area contributed by atoms with E-state index in [-0.39, 0.29) is 29.4 Å². The molecule has 0 radical (unpaired) electrons. The number of thiazole rings is 1. The van der Waals surface area contributed by atoms with Crippen molar-refractivity contribution in [2.24, 2.45) is 0 Å². The van der Waals surface area contributed by atoms with Gasteiger partial charge in [-0.1, -0.05) is 35.1 Å². The van der Waals surface area contributed by atoms with Crippen LogP contribution in [0.5, 0.6) is 0 Å². The van der Waals surface area contributed by atoms with Crippen molar-refractivity contribution in [2.45, 2.75) is 38.1 Å². The summed E-state index contributed by atoms with van der Waals surface area (Å²) in [6, 6.07) is 13.9. The Kier molecular flexibility index (Phi) is 7.30. The molecule has 2 aromatic heterocycles. The number of nitrogens with zero attached hydrogens (tertiary/aromatic N) is 3. The van der Waals surface area contributed by atoms with E-state index in [0.717, 1.165) is 26.9 Å². The van der Waals surface area contributed by atoms with E-state index in [1.54, 1.807) is 29.4 Å².